The van der Waals surface area contributed by atoms with E-state index < -0.39 is 6.29 Å². The Morgan fingerprint density at radius 3 is 2.17 bits per heavy atom. The van der Waals surface area contributed by atoms with Gasteiger partial charge in [0.15, 0.2) is 6.29 Å². The Bertz CT molecular complexity index is 142. The van der Waals surface area contributed by atoms with Crippen molar-refractivity contribution in [1.82, 2.24) is 0 Å². The molecule has 1 aliphatic heterocycles. The minimum Gasteiger partial charge on any atom is -0.368 e. The molecule has 2 nitrogen and oxygen atoms in total. The molecule has 0 saturated carbocycles. The second kappa shape index (κ2) is 3.75. The van der Waals surface area contributed by atoms with Gasteiger partial charge in [-0.05, 0) is 18.3 Å². The van der Waals surface area contributed by atoms with Crippen LogP contribution in [0.5, 0.6) is 0 Å². The Balaban J connectivity index is 2.63. The molecule has 1 saturated heterocycles. The first kappa shape index (κ1) is 10.0. The second-order valence-corrected chi connectivity index (χ2v) is 4.05. The summed E-state index contributed by atoms with van der Waals surface area (Å²) in [6.45, 7) is 8.57. The molecule has 72 valence electrons. The third-order valence-corrected chi connectivity index (χ3v) is 3.41. The van der Waals surface area contributed by atoms with Crippen LogP contribution in [0.15, 0.2) is 0 Å². The van der Waals surface area contributed by atoms with Gasteiger partial charge in [0, 0.05) is 5.92 Å². The van der Waals surface area contributed by atoms with Crippen LogP contribution in [0.2, 0.25) is 0 Å². The van der Waals surface area contributed by atoms with Crippen LogP contribution in [0.3, 0.4) is 0 Å². The van der Waals surface area contributed by atoms with Crippen LogP contribution >= 0.6 is 0 Å². The lowest BCUT2D eigenvalue weighted by Crippen LogP contribution is -2.44. The molecule has 0 spiro atoms. The van der Waals surface area contributed by atoms with Gasteiger partial charge >= 0.3 is 0 Å². The summed E-state index contributed by atoms with van der Waals surface area (Å²) in [6.07, 6.45) is 0.683. The third-order valence-electron chi connectivity index (χ3n) is 3.41. The molecule has 1 aliphatic rings. The molecular formula is C10H20O2. The van der Waals surface area contributed by atoms with Crippen molar-refractivity contribution in [3.63, 3.8) is 0 Å². The minimum atomic E-state index is -0.554. The van der Waals surface area contributed by atoms with Crippen LogP contribution in [-0.2, 0) is 4.74 Å². The summed E-state index contributed by atoms with van der Waals surface area (Å²) < 4.78 is 5.49. The highest BCUT2D eigenvalue weighted by Gasteiger charge is 2.36. The average molecular weight is 172 g/mol. The van der Waals surface area contributed by atoms with Gasteiger partial charge in [0.05, 0.1) is 6.10 Å². The molecule has 1 heterocycles. The fourth-order valence-electron chi connectivity index (χ4n) is 1.97. The number of aliphatic hydroxyl groups is 1. The lowest BCUT2D eigenvalue weighted by atomic mass is 9.78. The van der Waals surface area contributed by atoms with Gasteiger partial charge < -0.3 is 9.84 Å². The highest BCUT2D eigenvalue weighted by Crippen LogP contribution is 2.34. The molecule has 3 unspecified atom stereocenters. The molecule has 0 aliphatic carbocycles. The Morgan fingerprint density at radius 1 is 1.08 bits per heavy atom. The van der Waals surface area contributed by atoms with Crippen molar-refractivity contribution < 1.29 is 9.84 Å². The highest BCUT2D eigenvalue weighted by molar-refractivity contribution is 4.81. The van der Waals surface area contributed by atoms with E-state index in [1.165, 1.54) is 0 Å². The van der Waals surface area contributed by atoms with E-state index in [2.05, 4.69) is 27.7 Å². The number of aliphatic hydroxyl groups excluding tert-OH is 1. The lowest BCUT2D eigenvalue weighted by molar-refractivity contribution is -0.224. The van der Waals surface area contributed by atoms with Gasteiger partial charge in [0.25, 0.3) is 0 Å². The largest absolute Gasteiger partial charge is 0.368 e. The summed E-state index contributed by atoms with van der Waals surface area (Å²) in [4.78, 5) is 0. The molecule has 0 amide bonds. The number of rotatable bonds is 1. The zero-order chi connectivity index (χ0) is 9.30. The van der Waals surface area contributed by atoms with Gasteiger partial charge in [-0.2, -0.15) is 0 Å². The molecule has 2 heteroatoms. The predicted molar refractivity (Wildman–Crippen MR) is 48.7 cm³/mol. The topological polar surface area (TPSA) is 29.5 Å². The molecule has 0 aromatic carbocycles. The van der Waals surface area contributed by atoms with Crippen molar-refractivity contribution >= 4 is 0 Å². The molecule has 1 N–H and O–H groups in total. The second-order valence-electron chi connectivity index (χ2n) is 4.05. The predicted octanol–water partition coefficient (Wildman–Crippen LogP) is 2.02. The Labute approximate surface area is 74.9 Å². The fourth-order valence-corrected chi connectivity index (χ4v) is 1.97. The molecule has 0 aromatic heterocycles. The maximum absolute atomic E-state index is 9.55. The van der Waals surface area contributed by atoms with Crippen molar-refractivity contribution in [2.45, 2.75) is 46.5 Å². The zero-order valence-corrected chi connectivity index (χ0v) is 8.45. The monoisotopic (exact) mass is 172 g/mol. The van der Waals surface area contributed by atoms with E-state index in [0.717, 1.165) is 6.42 Å². The van der Waals surface area contributed by atoms with Crippen molar-refractivity contribution in [3.8, 4) is 0 Å². The smallest absolute Gasteiger partial charge is 0.157 e. The first-order valence-corrected chi connectivity index (χ1v) is 4.91. The zero-order valence-electron chi connectivity index (χ0n) is 8.45. The van der Waals surface area contributed by atoms with E-state index in [4.69, 9.17) is 4.74 Å². The quantitative estimate of drug-likeness (QED) is 0.655. The van der Waals surface area contributed by atoms with Crippen LogP contribution in [0.4, 0.5) is 0 Å². The van der Waals surface area contributed by atoms with Gasteiger partial charge in [-0.1, -0.05) is 27.7 Å². The first-order chi connectivity index (χ1) is 5.57. The molecule has 0 bridgehead atoms. The molecule has 0 radical (unpaired) electrons. The molecule has 5 atom stereocenters. The molecule has 1 fully saturated rings. The third kappa shape index (κ3) is 1.64. The van der Waals surface area contributed by atoms with E-state index in [9.17, 15) is 5.11 Å². The van der Waals surface area contributed by atoms with Crippen molar-refractivity contribution in [1.29, 1.82) is 0 Å². The van der Waals surface area contributed by atoms with Gasteiger partial charge in [0.2, 0.25) is 0 Å². The van der Waals surface area contributed by atoms with E-state index >= 15 is 0 Å². The summed E-state index contributed by atoms with van der Waals surface area (Å²) in [6, 6.07) is 0. The Morgan fingerprint density at radius 2 is 1.67 bits per heavy atom. The standard InChI is InChI=1S/C10H20O2/c1-5-9-7(3)6(2)8(4)10(11)12-9/h6-11H,5H2,1-4H3/t6-,7?,8+,9?,10?/m0/s1. The van der Waals surface area contributed by atoms with Crippen molar-refractivity contribution in [3.05, 3.63) is 0 Å². The van der Waals surface area contributed by atoms with Crippen LogP contribution in [0.1, 0.15) is 34.1 Å². The van der Waals surface area contributed by atoms with Crippen LogP contribution in [0, 0.1) is 17.8 Å². The highest BCUT2D eigenvalue weighted by atomic mass is 16.6. The lowest BCUT2D eigenvalue weighted by Gasteiger charge is -2.41. The summed E-state index contributed by atoms with van der Waals surface area (Å²) in [5, 5.41) is 9.55. The SMILES string of the molecule is CCC1OC(O)[C@H](C)[C@@H](C)C1C. The summed E-state index contributed by atoms with van der Waals surface area (Å²) >= 11 is 0. The summed E-state index contributed by atoms with van der Waals surface area (Å²) in [7, 11) is 0. The van der Waals surface area contributed by atoms with Gasteiger partial charge in [-0.3, -0.25) is 0 Å². The molecule has 1 rings (SSSR count). The van der Waals surface area contributed by atoms with E-state index in [1.807, 2.05) is 0 Å². The maximum Gasteiger partial charge on any atom is 0.157 e. The van der Waals surface area contributed by atoms with Crippen LogP contribution in [0.25, 0.3) is 0 Å². The van der Waals surface area contributed by atoms with E-state index in [0.29, 0.717) is 11.8 Å². The number of hydrogen-bond acceptors (Lipinski definition) is 2. The summed E-state index contributed by atoms with van der Waals surface area (Å²) in [5.41, 5.74) is 0. The average Bonchev–Trinajstić information content (AvgIpc) is 2.08. The maximum atomic E-state index is 9.55. The number of hydrogen-bond donors (Lipinski definition) is 1. The molecule has 0 aromatic rings. The normalized spacial score (nSPS) is 49.2. The molecule has 12 heavy (non-hydrogen) atoms. The Hall–Kier alpha value is -0.0800. The fraction of sp³-hybridized carbons (Fsp3) is 1.00. The van der Waals surface area contributed by atoms with Crippen LogP contribution < -0.4 is 0 Å². The van der Waals surface area contributed by atoms with E-state index in [-0.39, 0.29) is 12.0 Å². The summed E-state index contributed by atoms with van der Waals surface area (Å²) in [5.74, 6) is 1.38. The number of ether oxygens (including phenoxy) is 1. The van der Waals surface area contributed by atoms with Crippen molar-refractivity contribution in [2.24, 2.45) is 17.8 Å². The van der Waals surface area contributed by atoms with Gasteiger partial charge in [-0.25, -0.2) is 0 Å². The first-order valence-electron chi connectivity index (χ1n) is 4.91. The van der Waals surface area contributed by atoms with Gasteiger partial charge in [-0.15, -0.1) is 0 Å². The minimum absolute atomic E-state index is 0.242. The van der Waals surface area contributed by atoms with Gasteiger partial charge in [0.1, 0.15) is 0 Å². The van der Waals surface area contributed by atoms with Crippen LogP contribution in [-0.4, -0.2) is 17.5 Å². The van der Waals surface area contributed by atoms with Crippen molar-refractivity contribution in [2.75, 3.05) is 0 Å². The Kier molecular flexibility index (Phi) is 3.13. The van der Waals surface area contributed by atoms with E-state index in [1.54, 1.807) is 0 Å². The molecular weight excluding hydrogens is 152 g/mol.